The van der Waals surface area contributed by atoms with Crippen molar-refractivity contribution in [3.8, 4) is 0 Å². The lowest BCUT2D eigenvalue weighted by atomic mass is 9.73. The third-order valence-electron chi connectivity index (χ3n) is 5.97. The number of rotatable bonds is 5. The summed E-state index contributed by atoms with van der Waals surface area (Å²) in [6.07, 6.45) is 5.81. The predicted octanol–water partition coefficient (Wildman–Crippen LogP) is 5.96. The average Bonchev–Trinajstić information content (AvgIpc) is 3.10. The van der Waals surface area contributed by atoms with Gasteiger partial charge in [0.1, 0.15) is 0 Å². The Morgan fingerprint density at radius 1 is 0.655 bits per heavy atom. The Morgan fingerprint density at radius 2 is 1.24 bits per heavy atom. The van der Waals surface area contributed by atoms with Crippen molar-refractivity contribution in [3.63, 3.8) is 0 Å². The predicted molar refractivity (Wildman–Crippen MR) is 120 cm³/mol. The molecule has 3 aromatic carbocycles. The fourth-order valence-electron chi connectivity index (χ4n) is 4.71. The molecule has 1 aliphatic heterocycles. The Kier molecular flexibility index (Phi) is 4.61. The molecule has 0 amide bonds. The van der Waals surface area contributed by atoms with Gasteiger partial charge >= 0.3 is 0 Å². The number of hydrogen-bond acceptors (Lipinski definition) is 2. The summed E-state index contributed by atoms with van der Waals surface area (Å²) < 4.78 is 0. The third-order valence-corrected chi connectivity index (χ3v) is 5.97. The third kappa shape index (κ3) is 3.42. The molecule has 2 heteroatoms. The van der Waals surface area contributed by atoms with Gasteiger partial charge in [0, 0.05) is 35.7 Å². The van der Waals surface area contributed by atoms with E-state index in [0.717, 1.165) is 19.4 Å². The van der Waals surface area contributed by atoms with Gasteiger partial charge in [-0.15, -0.1) is 0 Å². The number of anilines is 2. The van der Waals surface area contributed by atoms with Crippen molar-refractivity contribution in [2.24, 2.45) is 0 Å². The van der Waals surface area contributed by atoms with Gasteiger partial charge in [0.25, 0.3) is 0 Å². The molecule has 4 aromatic rings. The lowest BCUT2D eigenvalue weighted by Gasteiger charge is -2.31. The minimum atomic E-state index is 0.00907. The van der Waals surface area contributed by atoms with Crippen LogP contribution in [0.4, 0.5) is 11.4 Å². The second-order valence-electron chi connectivity index (χ2n) is 7.91. The van der Waals surface area contributed by atoms with Crippen LogP contribution in [0.5, 0.6) is 0 Å². The van der Waals surface area contributed by atoms with E-state index >= 15 is 0 Å². The molecule has 0 N–H and O–H groups in total. The zero-order valence-electron chi connectivity index (χ0n) is 16.4. The number of aromatic nitrogens is 1. The van der Waals surface area contributed by atoms with Crippen LogP contribution in [0.1, 0.15) is 16.7 Å². The van der Waals surface area contributed by atoms with Gasteiger partial charge in [0.2, 0.25) is 0 Å². The largest absolute Gasteiger partial charge is 0.340 e. The van der Waals surface area contributed by atoms with Crippen LogP contribution in [0.2, 0.25) is 0 Å². The minimum absolute atomic E-state index is 0.00907. The van der Waals surface area contributed by atoms with Crippen LogP contribution in [0.25, 0.3) is 0 Å². The molecule has 2 nitrogen and oxygen atoms in total. The summed E-state index contributed by atoms with van der Waals surface area (Å²) >= 11 is 0. The second-order valence-corrected chi connectivity index (χ2v) is 7.91. The Hall–Kier alpha value is -3.39. The van der Waals surface area contributed by atoms with Gasteiger partial charge in [-0.05, 0) is 59.9 Å². The van der Waals surface area contributed by atoms with Gasteiger partial charge in [-0.1, -0.05) is 66.7 Å². The van der Waals surface area contributed by atoms with Crippen molar-refractivity contribution < 1.29 is 0 Å². The lowest BCUT2D eigenvalue weighted by Crippen LogP contribution is -2.36. The first-order valence-corrected chi connectivity index (χ1v) is 10.2. The summed E-state index contributed by atoms with van der Waals surface area (Å²) in [7, 11) is 0. The number of benzene rings is 3. The van der Waals surface area contributed by atoms with Crippen molar-refractivity contribution in [2.45, 2.75) is 18.3 Å². The van der Waals surface area contributed by atoms with E-state index in [-0.39, 0.29) is 5.41 Å². The molecule has 0 fully saturated rings. The maximum absolute atomic E-state index is 4.22. The van der Waals surface area contributed by atoms with Crippen molar-refractivity contribution >= 4 is 11.4 Å². The normalized spacial score (nSPS) is 17.9. The van der Waals surface area contributed by atoms with Crippen LogP contribution in [0, 0.1) is 0 Å². The SMILES string of the molecule is c1ccc(CC2(Cc3ccncc3)CN(c3ccccc3)c3ccccc32)cc1. The Balaban J connectivity index is 1.63. The zero-order valence-corrected chi connectivity index (χ0v) is 16.4. The number of pyridine rings is 1. The van der Waals surface area contributed by atoms with Crippen molar-refractivity contribution in [3.05, 3.63) is 126 Å². The Bertz CT molecular complexity index is 1030. The van der Waals surface area contributed by atoms with Gasteiger partial charge < -0.3 is 4.90 Å². The molecule has 0 spiro atoms. The molecular weight excluding hydrogens is 352 g/mol. The molecule has 1 aromatic heterocycles. The fourth-order valence-corrected chi connectivity index (χ4v) is 4.71. The smallest absolute Gasteiger partial charge is 0.0450 e. The summed E-state index contributed by atoms with van der Waals surface area (Å²) in [6, 6.07) is 34.9. The molecule has 1 atom stereocenters. The molecule has 29 heavy (non-hydrogen) atoms. The molecule has 0 saturated heterocycles. The van der Waals surface area contributed by atoms with Crippen LogP contribution in [0.3, 0.4) is 0 Å². The summed E-state index contributed by atoms with van der Waals surface area (Å²) in [5, 5.41) is 0. The highest BCUT2D eigenvalue weighted by Crippen LogP contribution is 2.47. The van der Waals surface area contributed by atoms with Crippen LogP contribution < -0.4 is 4.90 Å². The molecule has 0 bridgehead atoms. The van der Waals surface area contributed by atoms with E-state index in [4.69, 9.17) is 0 Å². The van der Waals surface area contributed by atoms with Gasteiger partial charge in [-0.3, -0.25) is 4.98 Å². The molecule has 5 rings (SSSR count). The van der Waals surface area contributed by atoms with Crippen LogP contribution in [0.15, 0.2) is 109 Å². The molecular formula is C27H24N2. The highest BCUT2D eigenvalue weighted by Gasteiger charge is 2.43. The molecule has 1 unspecified atom stereocenters. The minimum Gasteiger partial charge on any atom is -0.340 e. The topological polar surface area (TPSA) is 16.1 Å². The standard InChI is InChI=1S/C27H24N2/c1-3-9-22(10-4-1)19-27(20-23-15-17-28-18-16-23)21-29(24-11-5-2-6-12-24)26-14-8-7-13-25(26)27/h1-18H,19-21H2. The fraction of sp³-hybridized carbons (Fsp3) is 0.148. The van der Waals surface area contributed by atoms with Crippen molar-refractivity contribution in [1.29, 1.82) is 0 Å². The number of para-hydroxylation sites is 2. The summed E-state index contributed by atoms with van der Waals surface area (Å²) in [5.74, 6) is 0. The lowest BCUT2D eigenvalue weighted by molar-refractivity contribution is 0.453. The van der Waals surface area contributed by atoms with E-state index < -0.39 is 0 Å². The van der Waals surface area contributed by atoms with E-state index in [9.17, 15) is 0 Å². The molecule has 1 aliphatic rings. The van der Waals surface area contributed by atoms with E-state index in [1.165, 1.54) is 28.1 Å². The van der Waals surface area contributed by atoms with Crippen LogP contribution >= 0.6 is 0 Å². The van der Waals surface area contributed by atoms with E-state index in [1.54, 1.807) is 0 Å². The highest BCUT2D eigenvalue weighted by molar-refractivity contribution is 5.73. The molecule has 142 valence electrons. The summed E-state index contributed by atoms with van der Waals surface area (Å²) in [5.41, 5.74) is 6.74. The van der Waals surface area contributed by atoms with Gasteiger partial charge in [0.15, 0.2) is 0 Å². The number of nitrogens with zero attached hydrogens (tertiary/aromatic N) is 2. The average molecular weight is 377 g/mol. The van der Waals surface area contributed by atoms with Crippen LogP contribution in [-0.2, 0) is 18.3 Å². The van der Waals surface area contributed by atoms with Gasteiger partial charge in [0.05, 0.1) is 0 Å². The van der Waals surface area contributed by atoms with Crippen molar-refractivity contribution in [1.82, 2.24) is 4.98 Å². The first-order chi connectivity index (χ1) is 14.3. The van der Waals surface area contributed by atoms with E-state index in [0.29, 0.717) is 0 Å². The Morgan fingerprint density at radius 3 is 1.97 bits per heavy atom. The highest BCUT2D eigenvalue weighted by atomic mass is 15.2. The first kappa shape index (κ1) is 17.7. The molecule has 2 heterocycles. The van der Waals surface area contributed by atoms with E-state index in [1.807, 2.05) is 12.4 Å². The second kappa shape index (κ2) is 7.56. The number of fused-ring (bicyclic) bond motifs is 1. The Labute approximate surface area is 172 Å². The summed E-state index contributed by atoms with van der Waals surface area (Å²) in [4.78, 5) is 6.71. The zero-order chi connectivity index (χ0) is 19.5. The van der Waals surface area contributed by atoms with Gasteiger partial charge in [-0.2, -0.15) is 0 Å². The summed E-state index contributed by atoms with van der Waals surface area (Å²) in [6.45, 7) is 0.966. The molecule has 0 aliphatic carbocycles. The maximum atomic E-state index is 4.22. The number of hydrogen-bond donors (Lipinski definition) is 0. The van der Waals surface area contributed by atoms with Crippen molar-refractivity contribution in [2.75, 3.05) is 11.4 Å². The quantitative estimate of drug-likeness (QED) is 0.427. The molecule has 0 saturated carbocycles. The maximum Gasteiger partial charge on any atom is 0.0450 e. The van der Waals surface area contributed by atoms with Gasteiger partial charge in [-0.25, -0.2) is 0 Å². The van der Waals surface area contributed by atoms with E-state index in [2.05, 4.69) is 107 Å². The first-order valence-electron chi connectivity index (χ1n) is 10.2. The van der Waals surface area contributed by atoms with Crippen LogP contribution in [-0.4, -0.2) is 11.5 Å². The monoisotopic (exact) mass is 376 g/mol. The molecule has 0 radical (unpaired) electrons.